The summed E-state index contributed by atoms with van der Waals surface area (Å²) in [5.41, 5.74) is 0. The Balaban J connectivity index is 1.85. The summed E-state index contributed by atoms with van der Waals surface area (Å²) in [5, 5.41) is 9.09. The largest absolute Gasteiger partial charge is 0.396 e. The zero-order valence-electron chi connectivity index (χ0n) is 13.2. The van der Waals surface area contributed by atoms with E-state index in [1.54, 1.807) is 0 Å². The van der Waals surface area contributed by atoms with Crippen molar-refractivity contribution in [2.45, 2.75) is 52.4 Å². The standard InChI is InChI=1S/C17H31NO2/c1-13(2)15-5-6-17(20)16(10-15)12-18-8-3-4-14(11-18)7-9-19/h13-16,19H,3-12H2,1-2H3. The van der Waals surface area contributed by atoms with Crippen LogP contribution in [0, 0.1) is 23.7 Å². The molecule has 1 saturated carbocycles. The van der Waals surface area contributed by atoms with Crippen molar-refractivity contribution >= 4 is 5.78 Å². The molecular weight excluding hydrogens is 250 g/mol. The average Bonchev–Trinajstić information content (AvgIpc) is 2.42. The SMILES string of the molecule is CC(C)C1CCC(=O)C(CN2CCCC(CCO)C2)C1. The molecule has 0 aromatic carbocycles. The molecule has 0 radical (unpaired) electrons. The van der Waals surface area contributed by atoms with E-state index in [1.807, 2.05) is 0 Å². The molecule has 1 aliphatic carbocycles. The number of piperidine rings is 1. The molecule has 0 aromatic heterocycles. The van der Waals surface area contributed by atoms with Crippen molar-refractivity contribution in [3.63, 3.8) is 0 Å². The summed E-state index contributed by atoms with van der Waals surface area (Å²) in [5.74, 6) is 2.83. The van der Waals surface area contributed by atoms with E-state index in [4.69, 9.17) is 5.11 Å². The van der Waals surface area contributed by atoms with Crippen molar-refractivity contribution in [1.29, 1.82) is 0 Å². The highest BCUT2D eigenvalue weighted by Gasteiger charge is 2.32. The van der Waals surface area contributed by atoms with Crippen LogP contribution >= 0.6 is 0 Å². The van der Waals surface area contributed by atoms with E-state index in [2.05, 4.69) is 18.7 Å². The Morgan fingerprint density at radius 1 is 1.35 bits per heavy atom. The van der Waals surface area contributed by atoms with Gasteiger partial charge in [0.05, 0.1) is 0 Å². The fraction of sp³-hybridized carbons (Fsp3) is 0.941. The molecule has 1 N–H and O–H groups in total. The quantitative estimate of drug-likeness (QED) is 0.842. The number of hydrogen-bond donors (Lipinski definition) is 1. The van der Waals surface area contributed by atoms with Crippen molar-refractivity contribution in [3.8, 4) is 0 Å². The molecule has 116 valence electrons. The van der Waals surface area contributed by atoms with Crippen LogP contribution in [-0.4, -0.2) is 42.0 Å². The summed E-state index contributed by atoms with van der Waals surface area (Å²) in [6.07, 6.45) is 6.37. The number of hydrogen-bond acceptors (Lipinski definition) is 3. The van der Waals surface area contributed by atoms with Crippen LogP contribution in [0.3, 0.4) is 0 Å². The van der Waals surface area contributed by atoms with Gasteiger partial charge in [-0.1, -0.05) is 13.8 Å². The fourth-order valence-corrected chi connectivity index (χ4v) is 3.98. The van der Waals surface area contributed by atoms with Crippen molar-refractivity contribution in [3.05, 3.63) is 0 Å². The molecule has 2 rings (SSSR count). The first-order valence-corrected chi connectivity index (χ1v) is 8.46. The third-order valence-electron chi connectivity index (χ3n) is 5.37. The number of rotatable bonds is 5. The molecule has 3 heteroatoms. The molecule has 3 atom stereocenters. The first-order chi connectivity index (χ1) is 9.60. The van der Waals surface area contributed by atoms with Gasteiger partial charge in [-0.05, 0) is 56.4 Å². The summed E-state index contributed by atoms with van der Waals surface area (Å²) in [4.78, 5) is 14.7. The maximum absolute atomic E-state index is 12.2. The second-order valence-electron chi connectivity index (χ2n) is 7.22. The molecule has 0 bridgehead atoms. The zero-order valence-corrected chi connectivity index (χ0v) is 13.2. The van der Waals surface area contributed by atoms with E-state index in [0.29, 0.717) is 24.2 Å². The molecule has 2 aliphatic rings. The topological polar surface area (TPSA) is 40.5 Å². The Morgan fingerprint density at radius 2 is 2.15 bits per heavy atom. The molecule has 1 aliphatic heterocycles. The number of ketones is 1. The Morgan fingerprint density at radius 3 is 2.85 bits per heavy atom. The van der Waals surface area contributed by atoms with Crippen molar-refractivity contribution in [2.75, 3.05) is 26.2 Å². The number of aliphatic hydroxyl groups excluding tert-OH is 1. The Labute approximate surface area is 123 Å². The molecule has 20 heavy (non-hydrogen) atoms. The average molecular weight is 281 g/mol. The Kier molecular flexibility index (Phi) is 6.03. The van der Waals surface area contributed by atoms with Crippen LogP contribution in [-0.2, 0) is 4.79 Å². The van der Waals surface area contributed by atoms with Crippen molar-refractivity contribution in [1.82, 2.24) is 4.90 Å². The van der Waals surface area contributed by atoms with Crippen LogP contribution < -0.4 is 0 Å². The molecule has 0 spiro atoms. The Bertz CT molecular complexity index is 314. The normalized spacial score (nSPS) is 32.8. The number of aliphatic hydroxyl groups is 1. The molecular formula is C17H31NO2. The molecule has 0 amide bonds. The monoisotopic (exact) mass is 281 g/mol. The Hall–Kier alpha value is -0.410. The first kappa shape index (κ1) is 16.0. The van der Waals surface area contributed by atoms with Gasteiger partial charge in [0.1, 0.15) is 5.78 Å². The smallest absolute Gasteiger partial charge is 0.137 e. The van der Waals surface area contributed by atoms with E-state index >= 15 is 0 Å². The van der Waals surface area contributed by atoms with E-state index in [-0.39, 0.29) is 5.92 Å². The van der Waals surface area contributed by atoms with Crippen molar-refractivity contribution in [2.24, 2.45) is 23.7 Å². The van der Waals surface area contributed by atoms with Crippen LogP contribution in [0.5, 0.6) is 0 Å². The maximum Gasteiger partial charge on any atom is 0.137 e. The summed E-state index contributed by atoms with van der Waals surface area (Å²) >= 11 is 0. The van der Waals surface area contributed by atoms with Gasteiger partial charge in [0.15, 0.2) is 0 Å². The van der Waals surface area contributed by atoms with Crippen LogP contribution in [0.1, 0.15) is 52.4 Å². The van der Waals surface area contributed by atoms with Gasteiger partial charge in [-0.2, -0.15) is 0 Å². The lowest BCUT2D eigenvalue weighted by Gasteiger charge is -2.37. The van der Waals surface area contributed by atoms with Gasteiger partial charge in [-0.25, -0.2) is 0 Å². The zero-order chi connectivity index (χ0) is 14.5. The van der Waals surface area contributed by atoms with Gasteiger partial charge in [0, 0.05) is 32.0 Å². The highest BCUT2D eigenvalue weighted by Crippen LogP contribution is 2.33. The van der Waals surface area contributed by atoms with Crippen LogP contribution in [0.15, 0.2) is 0 Å². The van der Waals surface area contributed by atoms with Gasteiger partial charge >= 0.3 is 0 Å². The molecule has 3 nitrogen and oxygen atoms in total. The predicted octanol–water partition coefficient (Wildman–Crippen LogP) is 2.72. The first-order valence-electron chi connectivity index (χ1n) is 8.46. The second-order valence-corrected chi connectivity index (χ2v) is 7.22. The second kappa shape index (κ2) is 7.56. The fourth-order valence-electron chi connectivity index (χ4n) is 3.98. The maximum atomic E-state index is 12.2. The lowest BCUT2D eigenvalue weighted by Crippen LogP contribution is -2.42. The van der Waals surface area contributed by atoms with Gasteiger partial charge < -0.3 is 10.0 Å². The lowest BCUT2D eigenvalue weighted by atomic mass is 9.75. The summed E-state index contributed by atoms with van der Waals surface area (Å²) in [7, 11) is 0. The van der Waals surface area contributed by atoms with Gasteiger partial charge in [0.25, 0.3) is 0 Å². The van der Waals surface area contributed by atoms with Crippen LogP contribution in [0.2, 0.25) is 0 Å². The molecule has 2 fully saturated rings. The number of carbonyl (C=O) groups is 1. The minimum atomic E-state index is 0.268. The number of carbonyl (C=O) groups excluding carboxylic acids is 1. The number of Topliss-reactive ketones (excluding diaryl/α,β-unsaturated/α-hetero) is 1. The van der Waals surface area contributed by atoms with E-state index < -0.39 is 0 Å². The lowest BCUT2D eigenvalue weighted by molar-refractivity contribution is -0.127. The van der Waals surface area contributed by atoms with Gasteiger partial charge in [-0.3, -0.25) is 4.79 Å². The summed E-state index contributed by atoms with van der Waals surface area (Å²) < 4.78 is 0. The number of likely N-dealkylation sites (tertiary alicyclic amines) is 1. The van der Waals surface area contributed by atoms with E-state index in [0.717, 1.165) is 51.2 Å². The van der Waals surface area contributed by atoms with Crippen LogP contribution in [0.25, 0.3) is 0 Å². The van der Waals surface area contributed by atoms with Crippen LogP contribution in [0.4, 0.5) is 0 Å². The summed E-state index contributed by atoms with van der Waals surface area (Å²) in [6, 6.07) is 0. The molecule has 0 aromatic rings. The molecule has 3 unspecified atom stereocenters. The highest BCUT2D eigenvalue weighted by molar-refractivity contribution is 5.82. The number of nitrogens with zero attached hydrogens (tertiary/aromatic N) is 1. The molecule has 1 saturated heterocycles. The summed E-state index contributed by atoms with van der Waals surface area (Å²) in [6.45, 7) is 8.06. The van der Waals surface area contributed by atoms with Gasteiger partial charge in [0.2, 0.25) is 0 Å². The molecule has 1 heterocycles. The van der Waals surface area contributed by atoms with Crippen molar-refractivity contribution < 1.29 is 9.90 Å². The van der Waals surface area contributed by atoms with E-state index in [1.165, 1.54) is 12.8 Å². The highest BCUT2D eigenvalue weighted by atomic mass is 16.3. The van der Waals surface area contributed by atoms with Gasteiger partial charge in [-0.15, -0.1) is 0 Å². The minimum absolute atomic E-state index is 0.268. The third-order valence-corrected chi connectivity index (χ3v) is 5.37. The third kappa shape index (κ3) is 4.29. The minimum Gasteiger partial charge on any atom is -0.396 e. The predicted molar refractivity (Wildman–Crippen MR) is 81.5 cm³/mol. The van der Waals surface area contributed by atoms with E-state index in [9.17, 15) is 4.79 Å².